The van der Waals surface area contributed by atoms with Crippen LogP contribution in [0.3, 0.4) is 0 Å². The minimum atomic E-state index is -1.96. The van der Waals surface area contributed by atoms with Crippen LogP contribution in [0.25, 0.3) is 0 Å². The van der Waals surface area contributed by atoms with Gasteiger partial charge in [0.2, 0.25) is 0 Å². The van der Waals surface area contributed by atoms with Crippen LogP contribution in [0.1, 0.15) is 11.1 Å². The molecule has 0 N–H and O–H groups in total. The van der Waals surface area contributed by atoms with Gasteiger partial charge in [0.05, 0.1) is 29.7 Å². The van der Waals surface area contributed by atoms with E-state index in [0.29, 0.717) is 0 Å². The standard InChI is InChI=1S/C28H50O4P2Si4/c1-29-25-19-15-23(16-20-25)27(31-35(3,4)5)33(37(9,10)11)28(32-36(6,7)8,34(27)38(12,13)14)24-17-21-26(30-2)22-18-24/h15-22H,1-14H3. The van der Waals surface area contributed by atoms with Crippen LogP contribution >= 0.6 is 14.9 Å². The fourth-order valence-electron chi connectivity index (χ4n) is 5.67. The highest BCUT2D eigenvalue weighted by atomic mass is 31.5. The third-order valence-corrected chi connectivity index (χ3v) is 31.9. The zero-order valence-corrected chi connectivity index (χ0v) is 31.9. The lowest BCUT2D eigenvalue weighted by atomic mass is 10.2. The maximum Gasteiger partial charge on any atom is 0.185 e. The van der Waals surface area contributed by atoms with Crippen molar-refractivity contribution in [3.8, 4) is 11.5 Å². The van der Waals surface area contributed by atoms with E-state index in [1.54, 1.807) is 14.2 Å². The first kappa shape index (κ1) is 32.2. The Morgan fingerprint density at radius 2 is 0.737 bits per heavy atom. The van der Waals surface area contributed by atoms with Gasteiger partial charge in [-0.05, 0) is 89.6 Å². The quantitative estimate of drug-likeness (QED) is 0.195. The van der Waals surface area contributed by atoms with Gasteiger partial charge in [-0.1, -0.05) is 63.5 Å². The van der Waals surface area contributed by atoms with Crippen molar-refractivity contribution in [1.29, 1.82) is 0 Å². The molecule has 1 heterocycles. The predicted octanol–water partition coefficient (Wildman–Crippen LogP) is 9.97. The summed E-state index contributed by atoms with van der Waals surface area (Å²) in [5, 5.41) is -0.564. The summed E-state index contributed by atoms with van der Waals surface area (Å²) >= 11 is 0. The molecule has 3 rings (SSSR count). The van der Waals surface area contributed by atoms with Crippen molar-refractivity contribution in [3.05, 3.63) is 59.7 Å². The van der Waals surface area contributed by atoms with Gasteiger partial charge in [0.25, 0.3) is 0 Å². The summed E-state index contributed by atoms with van der Waals surface area (Å²) in [6.07, 6.45) is 0. The lowest BCUT2D eigenvalue weighted by Crippen LogP contribution is -2.63. The lowest BCUT2D eigenvalue weighted by Gasteiger charge is -2.76. The minimum Gasteiger partial charge on any atom is -0.497 e. The molecule has 0 spiro atoms. The number of rotatable bonds is 10. The maximum atomic E-state index is 7.67. The Balaban J connectivity index is 2.49. The molecule has 4 nitrogen and oxygen atoms in total. The summed E-state index contributed by atoms with van der Waals surface area (Å²) in [4.78, 5) is 0. The van der Waals surface area contributed by atoms with Gasteiger partial charge in [-0.15, -0.1) is 0 Å². The van der Waals surface area contributed by atoms with Crippen LogP contribution < -0.4 is 9.47 Å². The summed E-state index contributed by atoms with van der Waals surface area (Å²) in [6.45, 7) is 29.5. The lowest BCUT2D eigenvalue weighted by molar-refractivity contribution is 0.169. The van der Waals surface area contributed by atoms with E-state index < -0.39 is 47.1 Å². The number of methoxy groups -OCH3 is 2. The van der Waals surface area contributed by atoms with Gasteiger partial charge < -0.3 is 18.3 Å². The molecular formula is C28H50O4P2Si4. The largest absolute Gasteiger partial charge is 0.497 e. The van der Waals surface area contributed by atoms with Gasteiger partial charge in [-0.3, -0.25) is 0 Å². The molecule has 212 valence electrons. The molecule has 0 amide bonds. The molecule has 1 fully saturated rings. The zero-order chi connectivity index (χ0) is 28.9. The molecule has 0 bridgehead atoms. The second-order valence-electron chi connectivity index (χ2n) is 14.1. The van der Waals surface area contributed by atoms with Gasteiger partial charge in [0.1, 0.15) is 21.7 Å². The average molecular weight is 625 g/mol. The number of hydrogen-bond donors (Lipinski definition) is 0. The predicted molar refractivity (Wildman–Crippen MR) is 179 cm³/mol. The van der Waals surface area contributed by atoms with Crippen LogP contribution in [0, 0.1) is 0 Å². The molecule has 2 aromatic rings. The van der Waals surface area contributed by atoms with Crippen LogP contribution in [0.15, 0.2) is 48.5 Å². The Bertz CT molecular complexity index is 1000. The van der Waals surface area contributed by atoms with Crippen molar-refractivity contribution in [3.63, 3.8) is 0 Å². The number of hydrogen-bond acceptors (Lipinski definition) is 4. The summed E-state index contributed by atoms with van der Waals surface area (Å²) in [6, 6.07) is 17.7. The van der Waals surface area contributed by atoms with E-state index in [1.807, 2.05) is 0 Å². The van der Waals surface area contributed by atoms with Crippen molar-refractivity contribution in [2.24, 2.45) is 0 Å². The monoisotopic (exact) mass is 624 g/mol. The van der Waals surface area contributed by atoms with E-state index in [9.17, 15) is 0 Å². The molecule has 38 heavy (non-hydrogen) atoms. The molecule has 0 aliphatic carbocycles. The molecule has 1 aliphatic heterocycles. The normalized spacial score (nSPS) is 26.6. The molecule has 2 aromatic carbocycles. The molecule has 0 atom stereocenters. The van der Waals surface area contributed by atoms with Crippen LogP contribution in [0.4, 0.5) is 0 Å². The first-order chi connectivity index (χ1) is 17.2. The molecule has 10 heteroatoms. The highest BCUT2D eigenvalue weighted by Gasteiger charge is 2.79. The third-order valence-electron chi connectivity index (χ3n) is 6.38. The van der Waals surface area contributed by atoms with E-state index in [-0.39, 0.29) is 10.2 Å². The second-order valence-corrected chi connectivity index (χ2v) is 47.0. The van der Waals surface area contributed by atoms with Crippen molar-refractivity contribution >= 4 is 47.1 Å². The SMILES string of the molecule is COc1ccc(C2(O[Si](C)(C)C)P([Si](C)(C)C)C(O[Si](C)(C)C)(c3ccc(OC)cc3)P2[Si](C)(C)C)cc1. The fraction of sp³-hybridized carbons (Fsp3) is 0.571. The summed E-state index contributed by atoms with van der Waals surface area (Å²) in [5.74, 6) is 1.79. The second kappa shape index (κ2) is 10.8. The Morgan fingerprint density at radius 1 is 0.474 bits per heavy atom. The highest BCUT2D eigenvalue weighted by Crippen LogP contribution is 3.03. The van der Waals surface area contributed by atoms with E-state index >= 15 is 0 Å². The summed E-state index contributed by atoms with van der Waals surface area (Å²) in [7, 11) is -5.52. The zero-order valence-electron chi connectivity index (χ0n) is 26.1. The first-order valence-corrected chi connectivity index (χ1v) is 31.7. The molecular weight excluding hydrogens is 575 g/mol. The van der Waals surface area contributed by atoms with Gasteiger partial charge >= 0.3 is 0 Å². The van der Waals surface area contributed by atoms with Gasteiger partial charge in [0.15, 0.2) is 16.6 Å². The Morgan fingerprint density at radius 3 is 0.921 bits per heavy atom. The first-order valence-electron chi connectivity index (χ1n) is 13.5. The van der Waals surface area contributed by atoms with E-state index in [0.717, 1.165) is 11.5 Å². The smallest absolute Gasteiger partial charge is 0.185 e. The molecule has 0 aromatic heterocycles. The van der Waals surface area contributed by atoms with Crippen LogP contribution in [0.5, 0.6) is 11.5 Å². The van der Waals surface area contributed by atoms with E-state index in [4.69, 9.17) is 18.3 Å². The van der Waals surface area contributed by atoms with Crippen molar-refractivity contribution in [2.75, 3.05) is 14.2 Å². The van der Waals surface area contributed by atoms with E-state index in [1.165, 1.54) is 11.1 Å². The maximum absolute atomic E-state index is 7.67. The molecule has 1 aliphatic rings. The van der Waals surface area contributed by atoms with Gasteiger partial charge in [0, 0.05) is 0 Å². The average Bonchev–Trinajstić information content (AvgIpc) is 2.74. The minimum absolute atomic E-state index is 0.282. The highest BCUT2D eigenvalue weighted by molar-refractivity contribution is 8.21. The number of ether oxygens (including phenoxy) is 2. The van der Waals surface area contributed by atoms with Crippen molar-refractivity contribution < 1.29 is 18.3 Å². The molecule has 0 saturated carbocycles. The van der Waals surface area contributed by atoms with Gasteiger partial charge in [-0.25, -0.2) is 0 Å². The summed E-state index contributed by atoms with van der Waals surface area (Å²) < 4.78 is 26.5. The molecule has 1 saturated heterocycles. The van der Waals surface area contributed by atoms with Crippen LogP contribution in [-0.2, 0) is 19.0 Å². The Labute approximate surface area is 238 Å². The fourth-order valence-corrected chi connectivity index (χ4v) is 51.4. The Hall–Kier alpha value is -0.312. The van der Waals surface area contributed by atoms with E-state index in [2.05, 4.69) is 127 Å². The molecule has 0 unspecified atom stereocenters. The van der Waals surface area contributed by atoms with Crippen LogP contribution in [0.2, 0.25) is 78.6 Å². The van der Waals surface area contributed by atoms with Crippen molar-refractivity contribution in [2.45, 2.75) is 88.7 Å². The Kier molecular flexibility index (Phi) is 9.18. The van der Waals surface area contributed by atoms with Gasteiger partial charge in [-0.2, -0.15) is 0 Å². The summed E-state index contributed by atoms with van der Waals surface area (Å²) in [5.41, 5.74) is 2.68. The van der Waals surface area contributed by atoms with Crippen molar-refractivity contribution in [1.82, 2.24) is 0 Å². The topological polar surface area (TPSA) is 36.9 Å². The number of benzene rings is 2. The van der Waals surface area contributed by atoms with Crippen LogP contribution in [-0.4, -0.2) is 46.3 Å². The third kappa shape index (κ3) is 6.13. The molecule has 0 radical (unpaired) electrons.